The first kappa shape index (κ1) is 18.2. The molecule has 2 aliphatic carbocycles. The molecule has 6 nitrogen and oxygen atoms in total. The molecule has 0 aromatic heterocycles. The monoisotopic (exact) mass is 432 g/mol. The van der Waals surface area contributed by atoms with Crippen LogP contribution in [0.3, 0.4) is 0 Å². The molecular formula is C16H25IN4O2. The normalized spacial score (nSPS) is 30.3. The Balaban J connectivity index is 0.00000192. The molecule has 0 radical (unpaired) electrons. The van der Waals surface area contributed by atoms with E-state index >= 15 is 0 Å². The summed E-state index contributed by atoms with van der Waals surface area (Å²) >= 11 is 0. The van der Waals surface area contributed by atoms with E-state index in [2.05, 4.69) is 27.8 Å². The summed E-state index contributed by atoms with van der Waals surface area (Å²) in [5.74, 6) is 1.09. The van der Waals surface area contributed by atoms with Crippen LogP contribution in [-0.4, -0.2) is 48.9 Å². The second-order valence-electron chi connectivity index (χ2n) is 6.12. The van der Waals surface area contributed by atoms with Crippen molar-refractivity contribution in [2.45, 2.75) is 20.3 Å². The summed E-state index contributed by atoms with van der Waals surface area (Å²) in [6, 6.07) is 0. The first-order valence-electron chi connectivity index (χ1n) is 8.23. The summed E-state index contributed by atoms with van der Waals surface area (Å²) in [5, 5.41) is 6.27. The quantitative estimate of drug-likeness (QED) is 0.224. The Bertz CT molecular complexity index is 496. The van der Waals surface area contributed by atoms with Crippen LogP contribution in [-0.2, 0) is 9.59 Å². The number of carbonyl (C=O) groups excluding carboxylic acids is 2. The summed E-state index contributed by atoms with van der Waals surface area (Å²) in [7, 11) is 0. The Kier molecular flexibility index (Phi) is 6.05. The number of amides is 2. The van der Waals surface area contributed by atoms with Crippen molar-refractivity contribution in [2.75, 3.05) is 26.2 Å². The molecule has 7 heteroatoms. The molecule has 0 aromatic rings. The Hall–Kier alpha value is -1.12. The zero-order valence-corrected chi connectivity index (χ0v) is 15.9. The number of aliphatic imine (C=N–C) groups is 1. The zero-order chi connectivity index (χ0) is 15.7. The number of fused-ring (bicyclic) bond motifs is 5. The SMILES string of the molecule is CCNC(=NCCN1C(=O)C2C3C=CC(C3)C2C1=O)NCC.I. The van der Waals surface area contributed by atoms with Crippen LogP contribution in [0.25, 0.3) is 0 Å². The van der Waals surface area contributed by atoms with Crippen molar-refractivity contribution in [3.8, 4) is 0 Å². The van der Waals surface area contributed by atoms with Gasteiger partial charge in [0, 0.05) is 19.6 Å². The van der Waals surface area contributed by atoms with E-state index in [4.69, 9.17) is 0 Å². The number of imide groups is 1. The molecular weight excluding hydrogens is 407 g/mol. The van der Waals surface area contributed by atoms with Crippen LogP contribution in [0.1, 0.15) is 20.3 Å². The van der Waals surface area contributed by atoms with E-state index in [0.717, 1.165) is 25.5 Å². The van der Waals surface area contributed by atoms with Crippen molar-refractivity contribution < 1.29 is 9.59 Å². The molecule has 1 saturated heterocycles. The number of nitrogens with one attached hydrogen (secondary N) is 2. The Morgan fingerprint density at radius 1 is 1.13 bits per heavy atom. The van der Waals surface area contributed by atoms with E-state index in [0.29, 0.717) is 13.1 Å². The Labute approximate surface area is 154 Å². The topological polar surface area (TPSA) is 73.8 Å². The molecule has 1 saturated carbocycles. The van der Waals surface area contributed by atoms with E-state index in [1.807, 2.05) is 13.8 Å². The van der Waals surface area contributed by atoms with Gasteiger partial charge in [-0.15, -0.1) is 24.0 Å². The minimum atomic E-state index is -0.103. The van der Waals surface area contributed by atoms with Gasteiger partial charge >= 0.3 is 0 Å². The fraction of sp³-hybridized carbons (Fsp3) is 0.688. The Morgan fingerprint density at radius 2 is 1.65 bits per heavy atom. The third-order valence-corrected chi connectivity index (χ3v) is 4.84. The lowest BCUT2D eigenvalue weighted by molar-refractivity contribution is -0.140. The molecule has 0 spiro atoms. The van der Waals surface area contributed by atoms with Crippen molar-refractivity contribution >= 4 is 41.8 Å². The molecule has 128 valence electrons. The van der Waals surface area contributed by atoms with Gasteiger partial charge in [0.05, 0.1) is 18.4 Å². The molecule has 0 aromatic carbocycles. The lowest BCUT2D eigenvalue weighted by Crippen LogP contribution is -2.39. The standard InChI is InChI=1S/C16H24N4O2.HI/c1-3-17-16(18-4-2)19-7-8-20-14(21)12-10-5-6-11(9-10)13(12)15(20)22;/h5-6,10-13H,3-4,7-9H2,1-2H3,(H2,17,18,19);1H. The molecule has 2 bridgehead atoms. The minimum Gasteiger partial charge on any atom is -0.357 e. The van der Waals surface area contributed by atoms with E-state index in [1.54, 1.807) is 0 Å². The number of allylic oxidation sites excluding steroid dienone is 2. The van der Waals surface area contributed by atoms with Gasteiger partial charge in [-0.25, -0.2) is 0 Å². The maximum absolute atomic E-state index is 12.5. The van der Waals surface area contributed by atoms with Gasteiger partial charge < -0.3 is 10.6 Å². The second-order valence-corrected chi connectivity index (χ2v) is 6.12. The Morgan fingerprint density at radius 3 is 2.13 bits per heavy atom. The minimum absolute atomic E-state index is 0. The smallest absolute Gasteiger partial charge is 0.233 e. The number of hydrogen-bond donors (Lipinski definition) is 2. The number of carbonyl (C=O) groups is 2. The average Bonchev–Trinajstić information content (AvgIpc) is 3.16. The zero-order valence-electron chi connectivity index (χ0n) is 13.6. The largest absolute Gasteiger partial charge is 0.357 e. The van der Waals surface area contributed by atoms with Gasteiger partial charge in [-0.1, -0.05) is 12.2 Å². The second kappa shape index (κ2) is 7.63. The molecule has 2 N–H and O–H groups in total. The highest BCUT2D eigenvalue weighted by molar-refractivity contribution is 14.0. The molecule has 4 atom stereocenters. The molecule has 23 heavy (non-hydrogen) atoms. The van der Waals surface area contributed by atoms with Crippen LogP contribution in [0.15, 0.2) is 17.1 Å². The van der Waals surface area contributed by atoms with Crippen LogP contribution < -0.4 is 10.6 Å². The van der Waals surface area contributed by atoms with Crippen LogP contribution in [0.2, 0.25) is 0 Å². The lowest BCUT2D eigenvalue weighted by Gasteiger charge is -2.16. The van der Waals surface area contributed by atoms with Crippen molar-refractivity contribution in [1.82, 2.24) is 15.5 Å². The number of halogens is 1. The highest BCUT2D eigenvalue weighted by Gasteiger charge is 2.58. The summed E-state index contributed by atoms with van der Waals surface area (Å²) < 4.78 is 0. The lowest BCUT2D eigenvalue weighted by atomic mass is 9.85. The van der Waals surface area contributed by atoms with Crippen molar-refractivity contribution in [1.29, 1.82) is 0 Å². The summed E-state index contributed by atoms with van der Waals surface area (Å²) in [6.07, 6.45) is 5.21. The highest BCUT2D eigenvalue weighted by atomic mass is 127. The maximum atomic E-state index is 12.5. The first-order chi connectivity index (χ1) is 10.7. The van der Waals surface area contributed by atoms with E-state index in [1.165, 1.54) is 4.90 Å². The summed E-state index contributed by atoms with van der Waals surface area (Å²) in [4.78, 5) is 30.9. The van der Waals surface area contributed by atoms with E-state index < -0.39 is 0 Å². The predicted molar refractivity (Wildman–Crippen MR) is 99.5 cm³/mol. The van der Waals surface area contributed by atoms with Crippen LogP contribution in [0, 0.1) is 23.7 Å². The van der Waals surface area contributed by atoms with Gasteiger partial charge in [-0.3, -0.25) is 19.5 Å². The first-order valence-corrected chi connectivity index (χ1v) is 8.23. The molecule has 4 unspecified atom stereocenters. The fourth-order valence-electron chi connectivity index (χ4n) is 3.96. The molecule has 1 aliphatic heterocycles. The molecule has 3 rings (SSSR count). The number of likely N-dealkylation sites (tertiary alicyclic amines) is 1. The van der Waals surface area contributed by atoms with Gasteiger partial charge in [-0.05, 0) is 32.1 Å². The van der Waals surface area contributed by atoms with E-state index in [-0.39, 0.29) is 59.5 Å². The number of hydrogen-bond acceptors (Lipinski definition) is 3. The summed E-state index contributed by atoms with van der Waals surface area (Å²) in [5.41, 5.74) is 0. The van der Waals surface area contributed by atoms with Crippen LogP contribution in [0.5, 0.6) is 0 Å². The van der Waals surface area contributed by atoms with Gasteiger partial charge in [-0.2, -0.15) is 0 Å². The summed E-state index contributed by atoms with van der Waals surface area (Å²) in [6.45, 7) is 6.40. The van der Waals surface area contributed by atoms with Gasteiger partial charge in [0.25, 0.3) is 0 Å². The highest BCUT2D eigenvalue weighted by Crippen LogP contribution is 2.52. The predicted octanol–water partition coefficient (Wildman–Crippen LogP) is 0.986. The van der Waals surface area contributed by atoms with Gasteiger partial charge in [0.1, 0.15) is 0 Å². The average molecular weight is 432 g/mol. The molecule has 1 heterocycles. The van der Waals surface area contributed by atoms with Crippen LogP contribution >= 0.6 is 24.0 Å². The van der Waals surface area contributed by atoms with Gasteiger partial charge in [0.15, 0.2) is 5.96 Å². The van der Waals surface area contributed by atoms with Gasteiger partial charge in [0.2, 0.25) is 11.8 Å². The third-order valence-electron chi connectivity index (χ3n) is 4.84. The van der Waals surface area contributed by atoms with Crippen molar-refractivity contribution in [3.63, 3.8) is 0 Å². The number of rotatable bonds is 5. The molecule has 2 amide bonds. The maximum Gasteiger partial charge on any atom is 0.233 e. The number of nitrogens with zero attached hydrogens (tertiary/aromatic N) is 2. The van der Waals surface area contributed by atoms with Crippen LogP contribution in [0.4, 0.5) is 0 Å². The number of guanidine groups is 1. The third kappa shape index (κ3) is 3.25. The van der Waals surface area contributed by atoms with E-state index in [9.17, 15) is 9.59 Å². The van der Waals surface area contributed by atoms with Crippen molar-refractivity contribution in [2.24, 2.45) is 28.7 Å². The fourth-order valence-corrected chi connectivity index (χ4v) is 3.96. The van der Waals surface area contributed by atoms with Crippen molar-refractivity contribution in [3.05, 3.63) is 12.2 Å². The molecule has 2 fully saturated rings. The molecule has 3 aliphatic rings.